The Labute approximate surface area is 96.6 Å². The number of aryl methyl sites for hydroxylation is 1. The third-order valence-electron chi connectivity index (χ3n) is 3.47. The molecular weight excluding hydrogens is 200 g/mol. The maximum absolute atomic E-state index is 6.04. The summed E-state index contributed by atoms with van der Waals surface area (Å²) in [4.78, 5) is 0. The summed E-state index contributed by atoms with van der Waals surface area (Å²) in [5.74, 6) is 1.02. The van der Waals surface area contributed by atoms with E-state index in [2.05, 4.69) is 39.0 Å². The van der Waals surface area contributed by atoms with Gasteiger partial charge in [0.2, 0.25) is 0 Å². The fourth-order valence-electron chi connectivity index (χ4n) is 2.57. The summed E-state index contributed by atoms with van der Waals surface area (Å²) in [5, 5.41) is 0. The highest BCUT2D eigenvalue weighted by atomic mass is 16.6. The fraction of sp³-hybridized carbons (Fsp3) is 0.571. The number of fused-ring (bicyclic) bond motifs is 3. The van der Waals surface area contributed by atoms with E-state index in [0.717, 1.165) is 12.2 Å². The Bertz CT molecular complexity index is 423. The van der Waals surface area contributed by atoms with E-state index in [1.54, 1.807) is 0 Å². The lowest BCUT2D eigenvalue weighted by molar-refractivity contribution is 0.0724. The molecule has 2 aliphatic heterocycles. The van der Waals surface area contributed by atoms with Gasteiger partial charge in [-0.2, -0.15) is 0 Å². The minimum absolute atomic E-state index is 0.178. The quantitative estimate of drug-likeness (QED) is 0.711. The first-order valence-electron chi connectivity index (χ1n) is 6.09. The van der Waals surface area contributed by atoms with Crippen molar-refractivity contribution < 1.29 is 9.47 Å². The van der Waals surface area contributed by atoms with Crippen LogP contribution in [0.4, 0.5) is 0 Å². The molecule has 86 valence electrons. The summed E-state index contributed by atoms with van der Waals surface area (Å²) in [6.45, 7) is 6.41. The fourth-order valence-corrected chi connectivity index (χ4v) is 2.57. The molecule has 0 radical (unpaired) electrons. The van der Waals surface area contributed by atoms with E-state index in [4.69, 9.17) is 9.47 Å². The van der Waals surface area contributed by atoms with Crippen LogP contribution in [0.5, 0.6) is 5.75 Å². The third kappa shape index (κ3) is 1.44. The van der Waals surface area contributed by atoms with E-state index in [1.807, 2.05) is 0 Å². The zero-order valence-corrected chi connectivity index (χ0v) is 10.1. The lowest BCUT2D eigenvalue weighted by atomic mass is 9.93. The number of ether oxygens (including phenoxy) is 2. The highest BCUT2D eigenvalue weighted by Gasteiger charge is 2.56. The molecule has 2 aliphatic rings. The van der Waals surface area contributed by atoms with E-state index >= 15 is 0 Å². The monoisotopic (exact) mass is 218 g/mol. The van der Waals surface area contributed by atoms with Crippen molar-refractivity contribution in [2.45, 2.75) is 51.4 Å². The Hall–Kier alpha value is -1.02. The van der Waals surface area contributed by atoms with Crippen LogP contribution in [0.1, 0.15) is 44.4 Å². The Kier molecular flexibility index (Phi) is 2.05. The molecule has 0 bridgehead atoms. The lowest BCUT2D eigenvalue weighted by Crippen LogP contribution is -2.37. The van der Waals surface area contributed by atoms with E-state index < -0.39 is 0 Å². The van der Waals surface area contributed by atoms with Gasteiger partial charge in [0.05, 0.1) is 0 Å². The molecule has 0 aromatic heterocycles. The van der Waals surface area contributed by atoms with Crippen molar-refractivity contribution in [3.8, 4) is 5.75 Å². The molecule has 1 saturated heterocycles. The maximum atomic E-state index is 6.04. The molecule has 2 atom stereocenters. The van der Waals surface area contributed by atoms with Crippen molar-refractivity contribution in [3.05, 3.63) is 29.3 Å². The number of epoxide rings is 1. The molecule has 0 aliphatic carbocycles. The molecule has 1 fully saturated rings. The van der Waals surface area contributed by atoms with Crippen molar-refractivity contribution in [3.63, 3.8) is 0 Å². The highest BCUT2D eigenvalue weighted by Crippen LogP contribution is 2.53. The van der Waals surface area contributed by atoms with Crippen molar-refractivity contribution in [2.75, 3.05) is 0 Å². The molecule has 2 heterocycles. The largest absolute Gasteiger partial charge is 0.485 e. The summed E-state index contributed by atoms with van der Waals surface area (Å²) in [5.41, 5.74) is 2.41. The third-order valence-corrected chi connectivity index (χ3v) is 3.47. The second-order valence-corrected chi connectivity index (χ2v) is 5.30. The van der Waals surface area contributed by atoms with Gasteiger partial charge in [-0.15, -0.1) is 0 Å². The molecule has 16 heavy (non-hydrogen) atoms. The van der Waals surface area contributed by atoms with E-state index in [9.17, 15) is 0 Å². The van der Waals surface area contributed by atoms with E-state index in [1.165, 1.54) is 17.5 Å². The van der Waals surface area contributed by atoms with Gasteiger partial charge >= 0.3 is 0 Å². The van der Waals surface area contributed by atoms with Crippen LogP contribution in [0.25, 0.3) is 0 Å². The van der Waals surface area contributed by atoms with Gasteiger partial charge < -0.3 is 9.47 Å². The van der Waals surface area contributed by atoms with Crippen LogP contribution in [-0.2, 0) is 11.2 Å². The normalized spacial score (nSPS) is 28.9. The van der Waals surface area contributed by atoms with E-state index in [-0.39, 0.29) is 17.8 Å². The Balaban J connectivity index is 1.97. The SMILES string of the molecule is CCCc1ccc2c(c1)OC(C)(C)[C@@H]1O[C@@H]21. The molecule has 0 spiro atoms. The first-order chi connectivity index (χ1) is 7.62. The van der Waals surface area contributed by atoms with Crippen molar-refractivity contribution in [1.29, 1.82) is 0 Å². The predicted octanol–water partition coefficient (Wildman–Crippen LogP) is 3.25. The topological polar surface area (TPSA) is 21.8 Å². The molecule has 3 rings (SSSR count). The van der Waals surface area contributed by atoms with Crippen LogP contribution in [-0.4, -0.2) is 11.7 Å². The number of hydrogen-bond acceptors (Lipinski definition) is 2. The summed E-state index contributed by atoms with van der Waals surface area (Å²) in [6.07, 6.45) is 2.81. The van der Waals surface area contributed by atoms with Gasteiger partial charge in [0.15, 0.2) is 0 Å². The Morgan fingerprint density at radius 2 is 2.12 bits per heavy atom. The first-order valence-corrected chi connectivity index (χ1v) is 6.09. The van der Waals surface area contributed by atoms with Gasteiger partial charge in [-0.05, 0) is 31.9 Å². The average Bonchev–Trinajstić information content (AvgIpc) is 2.97. The van der Waals surface area contributed by atoms with Crippen LogP contribution in [0.15, 0.2) is 18.2 Å². The first kappa shape index (κ1) is 10.2. The average molecular weight is 218 g/mol. The standard InChI is InChI=1S/C14H18O2/c1-4-5-9-6-7-10-11(8-9)16-14(2,3)13-12(10)15-13/h6-8,12-13H,4-5H2,1-3H3/t12-,13+/m0/s1. The van der Waals surface area contributed by atoms with Gasteiger partial charge in [-0.1, -0.05) is 25.5 Å². The predicted molar refractivity (Wildman–Crippen MR) is 62.8 cm³/mol. The summed E-state index contributed by atoms with van der Waals surface area (Å²) < 4.78 is 11.7. The minimum atomic E-state index is -0.178. The minimum Gasteiger partial charge on any atom is -0.485 e. The van der Waals surface area contributed by atoms with Crippen LogP contribution >= 0.6 is 0 Å². The molecule has 1 aromatic carbocycles. The number of rotatable bonds is 2. The van der Waals surface area contributed by atoms with Crippen LogP contribution in [0.3, 0.4) is 0 Å². The lowest BCUT2D eigenvalue weighted by Gasteiger charge is -2.29. The molecule has 0 amide bonds. The van der Waals surface area contributed by atoms with E-state index in [0.29, 0.717) is 0 Å². The number of hydrogen-bond donors (Lipinski definition) is 0. The van der Waals surface area contributed by atoms with Gasteiger partial charge in [0.1, 0.15) is 23.6 Å². The summed E-state index contributed by atoms with van der Waals surface area (Å²) >= 11 is 0. The number of benzene rings is 1. The van der Waals surface area contributed by atoms with Crippen molar-refractivity contribution >= 4 is 0 Å². The summed E-state index contributed by atoms with van der Waals surface area (Å²) in [7, 11) is 0. The molecule has 2 nitrogen and oxygen atoms in total. The van der Waals surface area contributed by atoms with Crippen molar-refractivity contribution in [1.82, 2.24) is 0 Å². The van der Waals surface area contributed by atoms with Crippen LogP contribution in [0, 0.1) is 0 Å². The zero-order valence-electron chi connectivity index (χ0n) is 10.1. The Morgan fingerprint density at radius 1 is 1.31 bits per heavy atom. The second kappa shape index (κ2) is 3.24. The summed E-state index contributed by atoms with van der Waals surface area (Å²) in [6, 6.07) is 6.54. The highest BCUT2D eigenvalue weighted by molar-refractivity contribution is 5.44. The molecule has 1 aromatic rings. The molecule has 0 unspecified atom stereocenters. The molecular formula is C14H18O2. The molecule has 2 heteroatoms. The van der Waals surface area contributed by atoms with Crippen LogP contribution < -0.4 is 4.74 Å². The zero-order chi connectivity index (χ0) is 11.3. The second-order valence-electron chi connectivity index (χ2n) is 5.30. The Morgan fingerprint density at radius 3 is 2.88 bits per heavy atom. The maximum Gasteiger partial charge on any atom is 0.132 e. The van der Waals surface area contributed by atoms with Gasteiger partial charge in [0.25, 0.3) is 0 Å². The van der Waals surface area contributed by atoms with Gasteiger partial charge in [-0.3, -0.25) is 0 Å². The van der Waals surface area contributed by atoms with Crippen LogP contribution in [0.2, 0.25) is 0 Å². The molecule has 0 N–H and O–H groups in total. The smallest absolute Gasteiger partial charge is 0.132 e. The van der Waals surface area contributed by atoms with Gasteiger partial charge in [-0.25, -0.2) is 0 Å². The van der Waals surface area contributed by atoms with Gasteiger partial charge in [0, 0.05) is 5.56 Å². The van der Waals surface area contributed by atoms with Crippen molar-refractivity contribution in [2.24, 2.45) is 0 Å². The molecule has 0 saturated carbocycles.